The molecule has 0 atom stereocenters. The minimum Gasteiger partial charge on any atom is -0.357 e. The molecule has 0 aromatic carbocycles. The lowest BCUT2D eigenvalue weighted by Crippen LogP contribution is -2.53. The standard InChI is InChI=1S/C15H23F3N6O/c1-4-19-14(24-7-5-23(6-8-24)11(2)25)20-9-12-10-22(3)21-13(12)15(16,17)18/h10H,4-9H2,1-3H3,(H,19,20). The minimum atomic E-state index is -4.50. The SMILES string of the molecule is CCNC(=NCc1cn(C)nc1C(F)(F)F)N1CCN(C(C)=O)CC1. The molecule has 1 amide bonds. The zero-order valence-corrected chi connectivity index (χ0v) is 14.6. The first-order valence-electron chi connectivity index (χ1n) is 8.10. The van der Waals surface area contributed by atoms with Crippen LogP contribution in [-0.2, 0) is 24.6 Å². The first kappa shape index (κ1) is 19.1. The average molecular weight is 360 g/mol. The Morgan fingerprint density at radius 1 is 1.28 bits per heavy atom. The molecule has 0 radical (unpaired) electrons. The van der Waals surface area contributed by atoms with Gasteiger partial charge in [0, 0.05) is 58.5 Å². The fraction of sp³-hybridized carbons (Fsp3) is 0.667. The van der Waals surface area contributed by atoms with Crippen LogP contribution in [0, 0.1) is 0 Å². The van der Waals surface area contributed by atoms with Crippen molar-refractivity contribution in [2.45, 2.75) is 26.6 Å². The van der Waals surface area contributed by atoms with Gasteiger partial charge in [-0.15, -0.1) is 0 Å². The number of hydrogen-bond acceptors (Lipinski definition) is 3. The van der Waals surface area contributed by atoms with Crippen LogP contribution >= 0.6 is 0 Å². The van der Waals surface area contributed by atoms with Gasteiger partial charge >= 0.3 is 6.18 Å². The molecular formula is C15H23F3N6O. The Labute approximate surface area is 144 Å². The molecule has 25 heavy (non-hydrogen) atoms. The molecule has 140 valence electrons. The van der Waals surface area contributed by atoms with Crippen LogP contribution in [0.2, 0.25) is 0 Å². The zero-order chi connectivity index (χ0) is 18.6. The van der Waals surface area contributed by atoms with E-state index in [9.17, 15) is 18.0 Å². The van der Waals surface area contributed by atoms with E-state index in [1.54, 1.807) is 4.90 Å². The molecule has 1 aromatic heterocycles. The van der Waals surface area contributed by atoms with Crippen LogP contribution in [0.4, 0.5) is 13.2 Å². The summed E-state index contributed by atoms with van der Waals surface area (Å²) < 4.78 is 40.2. The summed E-state index contributed by atoms with van der Waals surface area (Å²) in [6.07, 6.45) is -3.17. The molecule has 10 heteroatoms. The molecule has 1 aromatic rings. The number of aliphatic imine (C=N–C) groups is 1. The molecule has 1 aliphatic heterocycles. The van der Waals surface area contributed by atoms with Crippen molar-refractivity contribution in [1.29, 1.82) is 0 Å². The van der Waals surface area contributed by atoms with Crippen molar-refractivity contribution in [2.24, 2.45) is 12.0 Å². The summed E-state index contributed by atoms with van der Waals surface area (Å²) in [5, 5.41) is 6.59. The topological polar surface area (TPSA) is 65.8 Å². The number of alkyl halides is 3. The molecule has 0 spiro atoms. The summed E-state index contributed by atoms with van der Waals surface area (Å²) in [4.78, 5) is 19.4. The van der Waals surface area contributed by atoms with Crippen molar-refractivity contribution in [2.75, 3.05) is 32.7 Å². The molecule has 2 heterocycles. The summed E-state index contributed by atoms with van der Waals surface area (Å²) in [5.41, 5.74) is -0.872. The third kappa shape index (κ3) is 4.86. The molecule has 0 unspecified atom stereocenters. The maximum atomic E-state index is 13.0. The van der Waals surface area contributed by atoms with Crippen LogP contribution in [0.1, 0.15) is 25.1 Å². The Morgan fingerprint density at radius 3 is 2.40 bits per heavy atom. The van der Waals surface area contributed by atoms with Gasteiger partial charge in [0.05, 0.1) is 6.54 Å². The number of aryl methyl sites for hydroxylation is 1. The molecule has 0 bridgehead atoms. The quantitative estimate of drug-likeness (QED) is 0.647. The van der Waals surface area contributed by atoms with Gasteiger partial charge in [-0.25, -0.2) is 4.99 Å². The highest BCUT2D eigenvalue weighted by Gasteiger charge is 2.36. The van der Waals surface area contributed by atoms with Gasteiger partial charge in [0.2, 0.25) is 5.91 Å². The van der Waals surface area contributed by atoms with E-state index in [0.29, 0.717) is 38.7 Å². The molecule has 0 saturated carbocycles. The van der Waals surface area contributed by atoms with Crippen LogP contribution in [0.25, 0.3) is 0 Å². The maximum Gasteiger partial charge on any atom is 0.435 e. The number of carbonyl (C=O) groups excluding carboxylic acids is 1. The lowest BCUT2D eigenvalue weighted by Gasteiger charge is -2.36. The van der Waals surface area contributed by atoms with Gasteiger partial charge in [-0.2, -0.15) is 18.3 Å². The van der Waals surface area contributed by atoms with Crippen molar-refractivity contribution < 1.29 is 18.0 Å². The number of guanidine groups is 1. The Balaban J connectivity index is 2.12. The molecule has 1 N–H and O–H groups in total. The first-order valence-corrected chi connectivity index (χ1v) is 8.10. The van der Waals surface area contributed by atoms with Gasteiger partial charge < -0.3 is 15.1 Å². The summed E-state index contributed by atoms with van der Waals surface area (Å²) in [7, 11) is 1.45. The van der Waals surface area contributed by atoms with Gasteiger partial charge in [0.1, 0.15) is 0 Å². The predicted octanol–water partition coefficient (Wildman–Crippen LogP) is 1.07. The molecular weight excluding hydrogens is 337 g/mol. The number of nitrogens with zero attached hydrogens (tertiary/aromatic N) is 5. The highest BCUT2D eigenvalue weighted by molar-refractivity contribution is 5.80. The lowest BCUT2D eigenvalue weighted by atomic mass is 10.2. The second-order valence-electron chi connectivity index (χ2n) is 5.84. The van der Waals surface area contributed by atoms with Crippen molar-refractivity contribution >= 4 is 11.9 Å². The van der Waals surface area contributed by atoms with E-state index < -0.39 is 11.9 Å². The van der Waals surface area contributed by atoms with Crippen molar-refractivity contribution in [3.8, 4) is 0 Å². The summed E-state index contributed by atoms with van der Waals surface area (Å²) >= 11 is 0. The van der Waals surface area contributed by atoms with Gasteiger partial charge in [-0.05, 0) is 6.92 Å². The van der Waals surface area contributed by atoms with Crippen LogP contribution in [0.5, 0.6) is 0 Å². The number of carbonyl (C=O) groups is 1. The summed E-state index contributed by atoms with van der Waals surface area (Å²) in [5.74, 6) is 0.564. The van der Waals surface area contributed by atoms with E-state index >= 15 is 0 Å². The molecule has 1 fully saturated rings. The monoisotopic (exact) mass is 360 g/mol. The summed E-state index contributed by atoms with van der Waals surface area (Å²) in [6, 6.07) is 0. The Hall–Kier alpha value is -2.26. The number of amides is 1. The third-order valence-corrected chi connectivity index (χ3v) is 3.93. The number of rotatable bonds is 3. The van der Waals surface area contributed by atoms with Gasteiger partial charge in [-0.3, -0.25) is 9.48 Å². The largest absolute Gasteiger partial charge is 0.435 e. The smallest absolute Gasteiger partial charge is 0.357 e. The first-order chi connectivity index (χ1) is 11.7. The summed E-state index contributed by atoms with van der Waals surface area (Å²) in [6.45, 7) is 6.22. The Bertz CT molecular complexity index is 632. The van der Waals surface area contributed by atoms with Crippen LogP contribution in [-0.4, -0.2) is 64.2 Å². The highest BCUT2D eigenvalue weighted by Crippen LogP contribution is 2.30. The number of piperazine rings is 1. The normalized spacial score (nSPS) is 16.3. The highest BCUT2D eigenvalue weighted by atomic mass is 19.4. The average Bonchev–Trinajstić information content (AvgIpc) is 2.92. The number of hydrogen-bond donors (Lipinski definition) is 1. The van der Waals surface area contributed by atoms with Crippen molar-refractivity contribution in [1.82, 2.24) is 24.9 Å². The molecule has 2 rings (SSSR count). The van der Waals surface area contributed by atoms with Crippen LogP contribution in [0.3, 0.4) is 0 Å². The lowest BCUT2D eigenvalue weighted by molar-refractivity contribution is -0.142. The molecule has 1 saturated heterocycles. The number of nitrogens with one attached hydrogen (secondary N) is 1. The second-order valence-corrected chi connectivity index (χ2v) is 5.84. The van der Waals surface area contributed by atoms with E-state index in [-0.39, 0.29) is 18.0 Å². The minimum absolute atomic E-state index is 0.0202. The van der Waals surface area contributed by atoms with Gasteiger partial charge in [-0.1, -0.05) is 0 Å². The van der Waals surface area contributed by atoms with Gasteiger partial charge in [0.25, 0.3) is 0 Å². The van der Waals surface area contributed by atoms with E-state index in [4.69, 9.17) is 0 Å². The Kier molecular flexibility index (Phi) is 5.91. The predicted molar refractivity (Wildman–Crippen MR) is 86.9 cm³/mol. The third-order valence-electron chi connectivity index (χ3n) is 3.93. The molecule has 7 nitrogen and oxygen atoms in total. The zero-order valence-electron chi connectivity index (χ0n) is 14.6. The fourth-order valence-corrected chi connectivity index (χ4v) is 2.71. The Morgan fingerprint density at radius 2 is 1.88 bits per heavy atom. The molecule has 0 aliphatic carbocycles. The van der Waals surface area contributed by atoms with Crippen molar-refractivity contribution in [3.63, 3.8) is 0 Å². The van der Waals surface area contributed by atoms with Crippen molar-refractivity contribution in [3.05, 3.63) is 17.5 Å². The van der Waals surface area contributed by atoms with E-state index in [1.807, 2.05) is 11.8 Å². The van der Waals surface area contributed by atoms with E-state index in [1.165, 1.54) is 20.2 Å². The maximum absolute atomic E-state index is 13.0. The van der Waals surface area contributed by atoms with E-state index in [2.05, 4.69) is 15.4 Å². The molecule has 1 aliphatic rings. The van der Waals surface area contributed by atoms with Gasteiger partial charge in [0.15, 0.2) is 11.7 Å². The second kappa shape index (κ2) is 7.75. The van der Waals surface area contributed by atoms with Crippen LogP contribution < -0.4 is 5.32 Å². The number of halogens is 3. The fourth-order valence-electron chi connectivity index (χ4n) is 2.71. The number of aromatic nitrogens is 2. The van der Waals surface area contributed by atoms with E-state index in [0.717, 1.165) is 4.68 Å². The van der Waals surface area contributed by atoms with Crippen LogP contribution in [0.15, 0.2) is 11.2 Å².